The molecule has 0 unspecified atom stereocenters. The molecule has 1 aliphatic rings. The van der Waals surface area contributed by atoms with Crippen LogP contribution >= 0.6 is 0 Å². The van der Waals surface area contributed by atoms with Gasteiger partial charge in [-0.2, -0.15) is 0 Å². The van der Waals surface area contributed by atoms with Crippen molar-refractivity contribution in [3.05, 3.63) is 25.2 Å². The zero-order valence-corrected chi connectivity index (χ0v) is 4.09. The number of nitrogens with one attached hydrogen (secondary N) is 1. The summed E-state index contributed by atoms with van der Waals surface area (Å²) in [5.41, 5.74) is 0. The normalized spacial score (nSPS) is 16.9. The van der Waals surface area contributed by atoms with E-state index in [4.69, 9.17) is 0 Å². The Morgan fingerprint density at radius 1 is 1.86 bits per heavy atom. The molecular weight excluding hydrogens is 88.1 g/mol. The standard InChI is InChI=1S/C5H8N2/c1-2-7-4-3-6-5-7/h2-4,6H,1,5H2. The van der Waals surface area contributed by atoms with E-state index >= 15 is 0 Å². The monoisotopic (exact) mass is 96.1 g/mol. The zero-order chi connectivity index (χ0) is 5.11. The van der Waals surface area contributed by atoms with Crippen LogP contribution in [0, 0.1) is 0 Å². The Bertz CT molecular complexity index is 96.3. The van der Waals surface area contributed by atoms with E-state index in [1.807, 2.05) is 17.3 Å². The van der Waals surface area contributed by atoms with Gasteiger partial charge >= 0.3 is 0 Å². The van der Waals surface area contributed by atoms with E-state index in [0.29, 0.717) is 0 Å². The van der Waals surface area contributed by atoms with Gasteiger partial charge in [-0.15, -0.1) is 0 Å². The molecule has 7 heavy (non-hydrogen) atoms. The highest BCUT2D eigenvalue weighted by molar-refractivity contribution is 4.91. The summed E-state index contributed by atoms with van der Waals surface area (Å²) in [6.45, 7) is 4.44. The van der Waals surface area contributed by atoms with Gasteiger partial charge in [0.2, 0.25) is 0 Å². The Morgan fingerprint density at radius 2 is 2.71 bits per heavy atom. The van der Waals surface area contributed by atoms with Crippen molar-refractivity contribution in [2.24, 2.45) is 0 Å². The van der Waals surface area contributed by atoms with Gasteiger partial charge in [-0.3, -0.25) is 0 Å². The first-order valence-corrected chi connectivity index (χ1v) is 2.22. The minimum absolute atomic E-state index is 0.865. The fourth-order valence-electron chi connectivity index (χ4n) is 0.485. The van der Waals surface area contributed by atoms with Crippen molar-refractivity contribution in [1.29, 1.82) is 0 Å². The van der Waals surface area contributed by atoms with Crippen LogP contribution in [0.25, 0.3) is 0 Å². The second-order valence-corrected chi connectivity index (χ2v) is 1.37. The third-order valence-corrected chi connectivity index (χ3v) is 0.892. The van der Waals surface area contributed by atoms with Crippen LogP contribution in [0.15, 0.2) is 25.2 Å². The predicted octanol–water partition coefficient (Wildman–Crippen LogP) is 0.464. The van der Waals surface area contributed by atoms with Gasteiger partial charge in [0.25, 0.3) is 0 Å². The molecule has 1 aliphatic heterocycles. The second-order valence-electron chi connectivity index (χ2n) is 1.37. The van der Waals surface area contributed by atoms with Crippen molar-refractivity contribution in [3.8, 4) is 0 Å². The van der Waals surface area contributed by atoms with Crippen LogP contribution in [0.3, 0.4) is 0 Å². The lowest BCUT2D eigenvalue weighted by Gasteiger charge is -2.04. The van der Waals surface area contributed by atoms with E-state index in [9.17, 15) is 0 Å². The van der Waals surface area contributed by atoms with Crippen molar-refractivity contribution in [2.45, 2.75) is 0 Å². The van der Waals surface area contributed by atoms with Crippen molar-refractivity contribution < 1.29 is 0 Å². The third-order valence-electron chi connectivity index (χ3n) is 0.892. The Morgan fingerprint density at radius 3 is 3.00 bits per heavy atom. The summed E-state index contributed by atoms with van der Waals surface area (Å²) in [4.78, 5) is 1.96. The molecule has 0 saturated heterocycles. The molecule has 0 aromatic rings. The minimum atomic E-state index is 0.865. The van der Waals surface area contributed by atoms with Crippen LogP contribution in [0.1, 0.15) is 0 Å². The molecule has 0 spiro atoms. The summed E-state index contributed by atoms with van der Waals surface area (Å²) in [5.74, 6) is 0. The van der Waals surface area contributed by atoms with Crippen molar-refractivity contribution in [2.75, 3.05) is 6.67 Å². The molecular formula is C5H8N2. The summed E-state index contributed by atoms with van der Waals surface area (Å²) in [5, 5.41) is 3.00. The smallest absolute Gasteiger partial charge is 0.0910 e. The first-order valence-electron chi connectivity index (χ1n) is 2.22. The highest BCUT2D eigenvalue weighted by Gasteiger charge is 1.93. The van der Waals surface area contributed by atoms with Gasteiger partial charge in [-0.25, -0.2) is 0 Å². The predicted molar refractivity (Wildman–Crippen MR) is 29.2 cm³/mol. The summed E-state index contributed by atoms with van der Waals surface area (Å²) >= 11 is 0. The molecule has 1 heterocycles. The van der Waals surface area contributed by atoms with Crippen LogP contribution in [-0.4, -0.2) is 11.6 Å². The Kier molecular flexibility index (Phi) is 1.02. The summed E-state index contributed by atoms with van der Waals surface area (Å²) in [6.07, 6.45) is 5.60. The maximum absolute atomic E-state index is 3.58. The van der Waals surface area contributed by atoms with E-state index in [2.05, 4.69) is 11.9 Å². The average Bonchev–Trinajstić information content (AvgIpc) is 2.14. The van der Waals surface area contributed by atoms with Crippen LogP contribution in [0.2, 0.25) is 0 Å². The van der Waals surface area contributed by atoms with Crippen LogP contribution in [0.4, 0.5) is 0 Å². The van der Waals surface area contributed by atoms with Gasteiger partial charge in [0.05, 0.1) is 6.67 Å². The molecule has 0 radical (unpaired) electrons. The molecule has 2 nitrogen and oxygen atoms in total. The Labute approximate surface area is 43.1 Å². The Hall–Kier alpha value is -0.920. The van der Waals surface area contributed by atoms with E-state index in [0.717, 1.165) is 6.67 Å². The van der Waals surface area contributed by atoms with E-state index in [1.54, 1.807) is 6.20 Å². The molecule has 38 valence electrons. The SMILES string of the molecule is C=CN1C=CNC1. The number of hydrogen-bond acceptors (Lipinski definition) is 2. The van der Waals surface area contributed by atoms with Crippen molar-refractivity contribution in [1.82, 2.24) is 10.2 Å². The first-order chi connectivity index (χ1) is 3.43. The van der Waals surface area contributed by atoms with Gasteiger partial charge in [-0.05, 0) is 6.20 Å². The lowest BCUT2D eigenvalue weighted by molar-refractivity contribution is 0.525. The molecule has 0 fully saturated rings. The lowest BCUT2D eigenvalue weighted by atomic mass is 10.8. The first kappa shape index (κ1) is 4.24. The average molecular weight is 96.1 g/mol. The molecule has 1 N–H and O–H groups in total. The topological polar surface area (TPSA) is 15.3 Å². The molecule has 0 atom stereocenters. The maximum Gasteiger partial charge on any atom is 0.0910 e. The van der Waals surface area contributed by atoms with E-state index in [1.165, 1.54) is 0 Å². The van der Waals surface area contributed by atoms with Crippen molar-refractivity contribution in [3.63, 3.8) is 0 Å². The molecule has 0 bridgehead atoms. The summed E-state index contributed by atoms with van der Waals surface area (Å²) < 4.78 is 0. The van der Waals surface area contributed by atoms with E-state index in [-0.39, 0.29) is 0 Å². The molecule has 0 saturated carbocycles. The van der Waals surface area contributed by atoms with Crippen LogP contribution in [0.5, 0.6) is 0 Å². The maximum atomic E-state index is 3.58. The van der Waals surface area contributed by atoms with Gasteiger partial charge in [-0.1, -0.05) is 6.58 Å². The van der Waals surface area contributed by atoms with Gasteiger partial charge in [0.15, 0.2) is 0 Å². The molecule has 0 aromatic carbocycles. The third kappa shape index (κ3) is 0.738. The number of rotatable bonds is 1. The van der Waals surface area contributed by atoms with E-state index < -0.39 is 0 Å². The lowest BCUT2D eigenvalue weighted by Crippen LogP contribution is -2.13. The summed E-state index contributed by atoms with van der Waals surface area (Å²) in [7, 11) is 0. The van der Waals surface area contributed by atoms with Gasteiger partial charge < -0.3 is 10.2 Å². The van der Waals surface area contributed by atoms with Crippen LogP contribution < -0.4 is 5.32 Å². The van der Waals surface area contributed by atoms with Gasteiger partial charge in [0.1, 0.15) is 0 Å². The summed E-state index contributed by atoms with van der Waals surface area (Å²) in [6, 6.07) is 0. The fraction of sp³-hybridized carbons (Fsp3) is 0.200. The molecule has 0 amide bonds. The fourth-order valence-corrected chi connectivity index (χ4v) is 0.485. The molecule has 0 aromatic heterocycles. The number of hydrogen-bond donors (Lipinski definition) is 1. The highest BCUT2D eigenvalue weighted by atomic mass is 15.2. The zero-order valence-electron chi connectivity index (χ0n) is 4.09. The Balaban J connectivity index is 2.42. The molecule has 2 heteroatoms. The van der Waals surface area contributed by atoms with Crippen molar-refractivity contribution >= 4 is 0 Å². The molecule has 0 aliphatic carbocycles. The number of nitrogens with zero attached hydrogens (tertiary/aromatic N) is 1. The minimum Gasteiger partial charge on any atom is -0.372 e. The van der Waals surface area contributed by atoms with Gasteiger partial charge in [0, 0.05) is 12.4 Å². The van der Waals surface area contributed by atoms with Crippen LogP contribution in [-0.2, 0) is 0 Å². The largest absolute Gasteiger partial charge is 0.372 e. The second kappa shape index (κ2) is 1.69. The highest BCUT2D eigenvalue weighted by Crippen LogP contribution is 1.91. The quantitative estimate of drug-likeness (QED) is 0.510. The molecule has 1 rings (SSSR count).